The van der Waals surface area contributed by atoms with E-state index in [4.69, 9.17) is 9.47 Å². The number of rotatable bonds is 11. The van der Waals surface area contributed by atoms with Gasteiger partial charge in [0.15, 0.2) is 0 Å². The third kappa shape index (κ3) is 5.38. The monoisotopic (exact) mass is 451 g/mol. The molecule has 0 aliphatic carbocycles. The van der Waals surface area contributed by atoms with E-state index in [1.165, 1.54) is 5.56 Å². The molecule has 178 valence electrons. The highest BCUT2D eigenvalue weighted by Gasteiger charge is 2.37. The molecule has 0 N–H and O–H groups in total. The van der Waals surface area contributed by atoms with E-state index in [1.54, 1.807) is 0 Å². The number of nitrogens with zero attached hydrogens (tertiary/aromatic N) is 3. The van der Waals surface area contributed by atoms with Crippen LogP contribution in [0.5, 0.6) is 5.75 Å². The molecule has 6 nitrogen and oxygen atoms in total. The van der Waals surface area contributed by atoms with Gasteiger partial charge in [-0.15, -0.1) is 0 Å². The van der Waals surface area contributed by atoms with Crippen LogP contribution < -0.4 is 4.74 Å². The van der Waals surface area contributed by atoms with E-state index in [9.17, 15) is 4.79 Å². The van der Waals surface area contributed by atoms with Crippen LogP contribution in [-0.4, -0.2) is 53.8 Å². The number of hydrogen-bond acceptors (Lipinski definition) is 5. The molecule has 0 saturated carbocycles. The van der Waals surface area contributed by atoms with Gasteiger partial charge in [0.05, 0.1) is 19.0 Å². The SMILES string of the molecule is CCOC(=O)C(CC)(CC)COc1ccc2cc(C(C(C)N(C)C)n3ccnc3)ccc2c1. The number of ether oxygens (including phenoxy) is 2. The van der Waals surface area contributed by atoms with Gasteiger partial charge in [-0.05, 0) is 75.3 Å². The van der Waals surface area contributed by atoms with Crippen LogP contribution in [0, 0.1) is 5.41 Å². The van der Waals surface area contributed by atoms with Crippen molar-refractivity contribution in [2.45, 2.75) is 52.6 Å². The minimum absolute atomic E-state index is 0.155. The normalized spacial score (nSPS) is 13.8. The first-order valence-electron chi connectivity index (χ1n) is 11.8. The summed E-state index contributed by atoms with van der Waals surface area (Å²) in [5.74, 6) is 0.583. The minimum Gasteiger partial charge on any atom is -0.492 e. The number of imidazole rings is 1. The van der Waals surface area contributed by atoms with Crippen molar-refractivity contribution >= 4 is 16.7 Å². The van der Waals surface area contributed by atoms with Crippen LogP contribution in [0.4, 0.5) is 0 Å². The van der Waals surface area contributed by atoms with Crippen molar-refractivity contribution in [1.29, 1.82) is 0 Å². The molecular formula is C27H37N3O3. The summed E-state index contributed by atoms with van der Waals surface area (Å²) in [6.07, 6.45) is 7.08. The molecule has 0 bridgehead atoms. The molecule has 2 atom stereocenters. The van der Waals surface area contributed by atoms with Crippen LogP contribution in [0.1, 0.15) is 52.1 Å². The Bertz CT molecular complexity index is 1040. The van der Waals surface area contributed by atoms with E-state index in [0.29, 0.717) is 32.1 Å². The Morgan fingerprint density at radius 2 is 1.79 bits per heavy atom. The van der Waals surface area contributed by atoms with Crippen LogP contribution in [0.2, 0.25) is 0 Å². The number of likely N-dealkylation sites (N-methyl/N-ethyl adjacent to an activating group) is 1. The second-order valence-electron chi connectivity index (χ2n) is 8.92. The quantitative estimate of drug-likeness (QED) is 0.369. The molecular weight excluding hydrogens is 414 g/mol. The number of carbonyl (C=O) groups is 1. The number of carbonyl (C=O) groups excluding carboxylic acids is 1. The van der Waals surface area contributed by atoms with Crippen molar-refractivity contribution in [1.82, 2.24) is 14.5 Å². The Kier molecular flexibility index (Phi) is 8.14. The zero-order valence-corrected chi connectivity index (χ0v) is 20.7. The maximum Gasteiger partial charge on any atom is 0.315 e. The lowest BCUT2D eigenvalue weighted by molar-refractivity contribution is -0.158. The smallest absolute Gasteiger partial charge is 0.315 e. The average molecular weight is 452 g/mol. The van der Waals surface area contributed by atoms with Gasteiger partial charge in [-0.1, -0.05) is 32.0 Å². The summed E-state index contributed by atoms with van der Waals surface area (Å²) in [6.45, 7) is 8.78. The van der Waals surface area contributed by atoms with Gasteiger partial charge in [-0.3, -0.25) is 4.79 Å². The van der Waals surface area contributed by atoms with Crippen LogP contribution in [0.15, 0.2) is 55.1 Å². The van der Waals surface area contributed by atoms with Gasteiger partial charge in [0, 0.05) is 18.4 Å². The second kappa shape index (κ2) is 10.8. The highest BCUT2D eigenvalue weighted by atomic mass is 16.5. The number of fused-ring (bicyclic) bond motifs is 1. The van der Waals surface area contributed by atoms with Crippen LogP contribution in [0.3, 0.4) is 0 Å². The molecule has 0 spiro atoms. The molecule has 0 fully saturated rings. The summed E-state index contributed by atoms with van der Waals surface area (Å²) in [7, 11) is 4.20. The summed E-state index contributed by atoms with van der Waals surface area (Å²) >= 11 is 0. The average Bonchev–Trinajstić information content (AvgIpc) is 3.34. The Hall–Kier alpha value is -2.86. The van der Waals surface area contributed by atoms with Crippen molar-refractivity contribution < 1.29 is 14.3 Å². The Labute approximate surface area is 197 Å². The first-order valence-corrected chi connectivity index (χ1v) is 11.8. The van der Waals surface area contributed by atoms with Crippen molar-refractivity contribution in [3.63, 3.8) is 0 Å². The number of esters is 1. The summed E-state index contributed by atoms with van der Waals surface area (Å²) in [6, 6.07) is 13.1. The van der Waals surface area contributed by atoms with Crippen LogP contribution in [-0.2, 0) is 9.53 Å². The van der Waals surface area contributed by atoms with Gasteiger partial charge in [0.25, 0.3) is 0 Å². The van der Waals surface area contributed by atoms with Crippen LogP contribution in [0.25, 0.3) is 10.8 Å². The van der Waals surface area contributed by atoms with Gasteiger partial charge in [-0.2, -0.15) is 0 Å². The van der Waals surface area contributed by atoms with Gasteiger partial charge in [-0.25, -0.2) is 4.98 Å². The van der Waals surface area contributed by atoms with Crippen LogP contribution >= 0.6 is 0 Å². The molecule has 33 heavy (non-hydrogen) atoms. The predicted octanol–water partition coefficient (Wildman–Crippen LogP) is 5.32. The predicted molar refractivity (Wildman–Crippen MR) is 133 cm³/mol. The van der Waals surface area contributed by atoms with E-state index in [1.807, 2.05) is 51.6 Å². The summed E-state index contributed by atoms with van der Waals surface area (Å²) in [4.78, 5) is 19.0. The first kappa shape index (κ1) is 24.8. The van der Waals surface area contributed by atoms with E-state index in [-0.39, 0.29) is 12.0 Å². The van der Waals surface area contributed by atoms with E-state index in [0.717, 1.165) is 16.5 Å². The topological polar surface area (TPSA) is 56.6 Å². The summed E-state index contributed by atoms with van der Waals surface area (Å²) in [5.41, 5.74) is 0.614. The third-order valence-corrected chi connectivity index (χ3v) is 6.87. The fourth-order valence-electron chi connectivity index (χ4n) is 4.24. The first-order chi connectivity index (χ1) is 15.8. The van der Waals surface area contributed by atoms with Gasteiger partial charge >= 0.3 is 5.97 Å². The summed E-state index contributed by atoms with van der Waals surface area (Å²) < 4.78 is 13.6. The lowest BCUT2D eigenvalue weighted by atomic mass is 9.83. The molecule has 0 saturated heterocycles. The Morgan fingerprint density at radius 1 is 1.09 bits per heavy atom. The zero-order valence-electron chi connectivity index (χ0n) is 20.7. The van der Waals surface area contributed by atoms with Crippen molar-refractivity contribution in [3.05, 3.63) is 60.7 Å². The van der Waals surface area contributed by atoms with Gasteiger partial charge in [0.1, 0.15) is 17.8 Å². The summed E-state index contributed by atoms with van der Waals surface area (Å²) in [5, 5.41) is 2.26. The molecule has 2 aromatic carbocycles. The molecule has 0 amide bonds. The zero-order chi connectivity index (χ0) is 24.0. The van der Waals surface area contributed by atoms with E-state index < -0.39 is 5.41 Å². The molecule has 3 rings (SSSR count). The molecule has 0 aliphatic heterocycles. The Balaban J connectivity index is 1.85. The number of benzene rings is 2. The molecule has 0 radical (unpaired) electrons. The van der Waals surface area contributed by atoms with Gasteiger partial charge < -0.3 is 18.9 Å². The number of aromatic nitrogens is 2. The second-order valence-corrected chi connectivity index (χ2v) is 8.92. The van der Waals surface area contributed by atoms with E-state index in [2.05, 4.69) is 59.7 Å². The minimum atomic E-state index is -0.616. The highest BCUT2D eigenvalue weighted by Crippen LogP contribution is 2.32. The molecule has 1 aromatic heterocycles. The molecule has 0 aliphatic rings. The third-order valence-electron chi connectivity index (χ3n) is 6.87. The lowest BCUT2D eigenvalue weighted by Crippen LogP contribution is -2.37. The van der Waals surface area contributed by atoms with Crippen molar-refractivity contribution in [2.75, 3.05) is 27.3 Å². The molecule has 2 unspecified atom stereocenters. The van der Waals surface area contributed by atoms with Gasteiger partial charge in [0.2, 0.25) is 0 Å². The standard InChI is InChI=1S/C27H37N3O3/c1-7-27(8-2,26(31)32-9-3)18-33-24-13-12-21-16-23(11-10-22(21)17-24)25(20(4)29(5)6)30-15-14-28-19-30/h10-17,19-20,25H,7-9,18H2,1-6H3. The fourth-order valence-corrected chi connectivity index (χ4v) is 4.24. The maximum absolute atomic E-state index is 12.6. The maximum atomic E-state index is 12.6. The Morgan fingerprint density at radius 3 is 2.39 bits per heavy atom. The molecule has 6 heteroatoms. The highest BCUT2D eigenvalue weighted by molar-refractivity contribution is 5.84. The van der Waals surface area contributed by atoms with E-state index >= 15 is 0 Å². The number of hydrogen-bond donors (Lipinski definition) is 0. The fraction of sp³-hybridized carbons (Fsp3) is 0.481. The van der Waals surface area contributed by atoms with Crippen molar-refractivity contribution in [2.24, 2.45) is 5.41 Å². The lowest BCUT2D eigenvalue weighted by Gasteiger charge is -2.31. The molecule has 3 aromatic rings. The molecule has 1 heterocycles. The van der Waals surface area contributed by atoms with Crippen molar-refractivity contribution in [3.8, 4) is 5.75 Å². The largest absolute Gasteiger partial charge is 0.492 e.